The number of likely N-dealkylation sites (tertiary alicyclic amines) is 1. The van der Waals surface area contributed by atoms with Gasteiger partial charge in [-0.2, -0.15) is 0 Å². The third-order valence-corrected chi connectivity index (χ3v) is 6.24. The number of carbonyl (C=O) groups is 2. The van der Waals surface area contributed by atoms with Crippen molar-refractivity contribution in [1.29, 1.82) is 0 Å². The van der Waals surface area contributed by atoms with E-state index in [1.807, 2.05) is 10.3 Å². The van der Waals surface area contributed by atoms with Crippen LogP contribution in [0.15, 0.2) is 5.38 Å². The molecule has 1 N–H and O–H groups in total. The summed E-state index contributed by atoms with van der Waals surface area (Å²) in [6.45, 7) is 4.37. The SMILES string of the molecule is O=C(O)[C@@H]1[C@@H]2CCN(C(=O)Cc3csc(N4CCOCC4)n3)C[C@@H]21. The third kappa shape index (κ3) is 3.00. The molecule has 0 aromatic carbocycles. The number of hydrogen-bond donors (Lipinski definition) is 1. The zero-order chi connectivity index (χ0) is 16.7. The van der Waals surface area contributed by atoms with Crippen molar-refractivity contribution in [3.05, 3.63) is 11.1 Å². The highest BCUT2D eigenvalue weighted by Gasteiger charge is 2.57. The summed E-state index contributed by atoms with van der Waals surface area (Å²) in [4.78, 5) is 32.2. The summed E-state index contributed by atoms with van der Waals surface area (Å²) in [7, 11) is 0. The number of carbonyl (C=O) groups excluding carboxylic acids is 1. The van der Waals surface area contributed by atoms with Crippen LogP contribution in [0.25, 0.3) is 0 Å². The summed E-state index contributed by atoms with van der Waals surface area (Å²) < 4.78 is 5.34. The first-order valence-corrected chi connectivity index (χ1v) is 9.29. The van der Waals surface area contributed by atoms with E-state index in [1.165, 1.54) is 0 Å². The molecule has 4 rings (SSSR count). The van der Waals surface area contributed by atoms with Crippen LogP contribution in [0.4, 0.5) is 5.13 Å². The van der Waals surface area contributed by atoms with E-state index < -0.39 is 5.97 Å². The second-order valence-electron chi connectivity index (χ2n) is 6.72. The lowest BCUT2D eigenvalue weighted by atomic mass is 10.1. The molecule has 2 saturated heterocycles. The maximum Gasteiger partial charge on any atom is 0.307 e. The predicted molar refractivity (Wildman–Crippen MR) is 88.2 cm³/mol. The molecule has 3 aliphatic rings. The van der Waals surface area contributed by atoms with Crippen molar-refractivity contribution >= 4 is 28.3 Å². The molecule has 3 atom stereocenters. The Bertz CT molecular complexity index is 643. The van der Waals surface area contributed by atoms with Crippen molar-refractivity contribution in [3.63, 3.8) is 0 Å². The first-order valence-electron chi connectivity index (χ1n) is 8.41. The van der Waals surface area contributed by atoms with E-state index in [9.17, 15) is 9.59 Å². The van der Waals surface area contributed by atoms with Crippen molar-refractivity contribution in [3.8, 4) is 0 Å². The molecule has 24 heavy (non-hydrogen) atoms. The van der Waals surface area contributed by atoms with Crippen LogP contribution in [0.5, 0.6) is 0 Å². The minimum atomic E-state index is -0.714. The second kappa shape index (κ2) is 6.33. The van der Waals surface area contributed by atoms with E-state index in [4.69, 9.17) is 9.84 Å². The topological polar surface area (TPSA) is 83.0 Å². The quantitative estimate of drug-likeness (QED) is 0.860. The number of fused-ring (bicyclic) bond motifs is 1. The molecule has 1 aliphatic carbocycles. The molecule has 0 unspecified atom stereocenters. The van der Waals surface area contributed by atoms with Crippen LogP contribution in [0.2, 0.25) is 0 Å². The Morgan fingerprint density at radius 1 is 1.29 bits per heavy atom. The average molecular weight is 351 g/mol. The normalized spacial score (nSPS) is 29.2. The number of aromatic nitrogens is 1. The molecular formula is C16H21N3O4S. The number of carboxylic acids is 1. The fraction of sp³-hybridized carbons (Fsp3) is 0.688. The van der Waals surface area contributed by atoms with Crippen LogP contribution in [0, 0.1) is 17.8 Å². The van der Waals surface area contributed by atoms with Crippen LogP contribution in [-0.2, 0) is 20.7 Å². The van der Waals surface area contributed by atoms with Gasteiger partial charge in [-0.05, 0) is 18.3 Å². The van der Waals surface area contributed by atoms with E-state index in [0.717, 1.165) is 43.5 Å². The van der Waals surface area contributed by atoms with Crippen molar-refractivity contribution in [2.24, 2.45) is 17.8 Å². The highest BCUT2D eigenvalue weighted by atomic mass is 32.1. The summed E-state index contributed by atoms with van der Waals surface area (Å²) >= 11 is 1.57. The van der Waals surface area contributed by atoms with Gasteiger partial charge in [-0.15, -0.1) is 11.3 Å². The first kappa shape index (κ1) is 15.8. The number of hydrogen-bond acceptors (Lipinski definition) is 6. The Hall–Kier alpha value is -1.67. The van der Waals surface area contributed by atoms with Crippen molar-refractivity contribution < 1.29 is 19.4 Å². The van der Waals surface area contributed by atoms with E-state index in [2.05, 4.69) is 9.88 Å². The Balaban J connectivity index is 1.33. The van der Waals surface area contributed by atoms with E-state index >= 15 is 0 Å². The van der Waals surface area contributed by atoms with Crippen molar-refractivity contribution in [2.75, 3.05) is 44.3 Å². The highest BCUT2D eigenvalue weighted by molar-refractivity contribution is 7.13. The number of amides is 1. The Labute approximate surface area is 144 Å². The molecule has 1 saturated carbocycles. The third-order valence-electron chi connectivity index (χ3n) is 5.29. The largest absolute Gasteiger partial charge is 0.481 e. The van der Waals surface area contributed by atoms with Crippen LogP contribution < -0.4 is 4.90 Å². The average Bonchev–Trinajstić information content (AvgIpc) is 3.15. The zero-order valence-corrected chi connectivity index (χ0v) is 14.2. The number of thiazole rings is 1. The number of morpholine rings is 1. The molecule has 2 aliphatic heterocycles. The lowest BCUT2D eigenvalue weighted by Gasteiger charge is -2.26. The molecule has 1 aromatic heterocycles. The minimum Gasteiger partial charge on any atom is -0.481 e. The number of rotatable bonds is 4. The van der Waals surface area contributed by atoms with Crippen molar-refractivity contribution in [1.82, 2.24) is 9.88 Å². The molecule has 7 nitrogen and oxygen atoms in total. The predicted octanol–water partition coefficient (Wildman–Crippen LogP) is 0.701. The smallest absolute Gasteiger partial charge is 0.307 e. The Morgan fingerprint density at radius 3 is 2.83 bits per heavy atom. The maximum atomic E-state index is 12.5. The van der Waals surface area contributed by atoms with Crippen LogP contribution >= 0.6 is 11.3 Å². The van der Waals surface area contributed by atoms with Crippen LogP contribution in [-0.4, -0.2) is 66.3 Å². The summed E-state index contributed by atoms with van der Waals surface area (Å²) in [6.07, 6.45) is 1.11. The molecule has 1 amide bonds. The fourth-order valence-electron chi connectivity index (χ4n) is 3.88. The van der Waals surface area contributed by atoms with Gasteiger partial charge in [0.2, 0.25) is 5.91 Å². The molecule has 130 valence electrons. The van der Waals surface area contributed by atoms with Gasteiger partial charge in [-0.3, -0.25) is 9.59 Å². The summed E-state index contributed by atoms with van der Waals surface area (Å²) in [6, 6.07) is 0. The molecule has 8 heteroatoms. The van der Waals surface area contributed by atoms with E-state index in [0.29, 0.717) is 19.5 Å². The minimum absolute atomic E-state index is 0.0586. The zero-order valence-electron chi connectivity index (χ0n) is 13.4. The van der Waals surface area contributed by atoms with Gasteiger partial charge in [-0.1, -0.05) is 0 Å². The van der Waals surface area contributed by atoms with Gasteiger partial charge < -0.3 is 19.6 Å². The molecule has 0 spiro atoms. The van der Waals surface area contributed by atoms with Gasteiger partial charge >= 0.3 is 5.97 Å². The summed E-state index contributed by atoms with van der Waals surface area (Å²) in [5.41, 5.74) is 0.805. The molecule has 3 fully saturated rings. The number of nitrogens with zero attached hydrogens (tertiary/aromatic N) is 3. The molecule has 0 bridgehead atoms. The fourth-order valence-corrected chi connectivity index (χ4v) is 4.75. The van der Waals surface area contributed by atoms with E-state index in [1.54, 1.807) is 11.3 Å². The lowest BCUT2D eigenvalue weighted by Crippen LogP contribution is -2.38. The van der Waals surface area contributed by atoms with Gasteiger partial charge in [0.15, 0.2) is 5.13 Å². The monoisotopic (exact) mass is 351 g/mol. The highest BCUT2D eigenvalue weighted by Crippen LogP contribution is 2.51. The van der Waals surface area contributed by atoms with Gasteiger partial charge in [0, 0.05) is 31.6 Å². The van der Waals surface area contributed by atoms with Gasteiger partial charge in [0.1, 0.15) is 0 Å². The molecule has 3 heterocycles. The molecular weight excluding hydrogens is 330 g/mol. The van der Waals surface area contributed by atoms with Gasteiger partial charge in [0.25, 0.3) is 0 Å². The van der Waals surface area contributed by atoms with Gasteiger partial charge in [-0.25, -0.2) is 4.98 Å². The lowest BCUT2D eigenvalue weighted by molar-refractivity contribution is -0.139. The Morgan fingerprint density at radius 2 is 2.08 bits per heavy atom. The van der Waals surface area contributed by atoms with E-state index in [-0.39, 0.29) is 23.7 Å². The Kier molecular flexibility index (Phi) is 4.17. The number of piperidine rings is 1. The van der Waals surface area contributed by atoms with Crippen LogP contribution in [0.3, 0.4) is 0 Å². The number of aliphatic carboxylic acids is 1. The standard InChI is InChI=1S/C16H21N3O4S/c20-13(19-2-1-11-12(8-19)14(11)15(21)22)7-10-9-24-16(17-10)18-3-5-23-6-4-18/h9,11-12,14H,1-8H2,(H,21,22)/t11-,12+,14-/m1/s1. The second-order valence-corrected chi connectivity index (χ2v) is 7.55. The first-order chi connectivity index (χ1) is 11.6. The van der Waals surface area contributed by atoms with Crippen molar-refractivity contribution in [2.45, 2.75) is 12.8 Å². The molecule has 0 radical (unpaired) electrons. The van der Waals surface area contributed by atoms with Gasteiger partial charge in [0.05, 0.1) is 31.2 Å². The number of anilines is 1. The number of carboxylic acid groups (broad SMARTS) is 1. The molecule has 1 aromatic rings. The number of ether oxygens (including phenoxy) is 1. The maximum absolute atomic E-state index is 12.5. The van der Waals surface area contributed by atoms with Crippen LogP contribution in [0.1, 0.15) is 12.1 Å². The summed E-state index contributed by atoms with van der Waals surface area (Å²) in [5, 5.41) is 12.0. The summed E-state index contributed by atoms with van der Waals surface area (Å²) in [5.74, 6) is -0.467.